The van der Waals surface area contributed by atoms with Gasteiger partial charge < -0.3 is 9.47 Å². The van der Waals surface area contributed by atoms with Gasteiger partial charge in [0.25, 0.3) is 0 Å². The number of sulfonamides is 1. The standard InChI is InChI=1S/C19H21F3N2O3S.C18H17BrF3NO/c1-28(25,26)24-16-3-2-10-23-17(16)11-27-13-6-4-12(5-7-13)18-14(20)8-9-15(21)19(18)22;19-13-2-1-9-23-16(13)10-24-12-5-3-11(4-6-12)17-14(20)7-8-15(21)18(17)22/h2-3,8-10,12-13,24H,4-7,11H2,1H3;1-2,7-9,11-12H,3-6,10H2. The summed E-state index contributed by atoms with van der Waals surface area (Å²) < 4.78 is 120. The van der Waals surface area contributed by atoms with Gasteiger partial charge in [-0.1, -0.05) is 0 Å². The van der Waals surface area contributed by atoms with E-state index in [1.54, 1.807) is 24.5 Å². The Kier molecular flexibility index (Phi) is 13.7. The van der Waals surface area contributed by atoms with Crippen LogP contribution in [0.5, 0.6) is 0 Å². The van der Waals surface area contributed by atoms with Crippen LogP contribution in [0.3, 0.4) is 0 Å². The van der Waals surface area contributed by atoms with Gasteiger partial charge in [-0.05, 0) is 128 Å². The first-order valence-electron chi connectivity index (χ1n) is 16.8. The van der Waals surface area contributed by atoms with Crippen LogP contribution < -0.4 is 4.72 Å². The molecular formula is C37H38BrF6N3O4S. The summed E-state index contributed by atoms with van der Waals surface area (Å²) in [6.07, 6.45) is 8.75. The molecule has 6 rings (SSSR count). The Morgan fingerprint density at radius 1 is 0.654 bits per heavy atom. The SMILES string of the molecule is CS(=O)(=O)Nc1cccnc1COC1CCC(c2c(F)ccc(F)c2F)CC1.Fc1ccc(F)c(C2CCC(OCc3ncccc3Br)CC2)c1F. The van der Waals surface area contributed by atoms with E-state index in [0.29, 0.717) is 69.4 Å². The van der Waals surface area contributed by atoms with Crippen LogP contribution in [0.4, 0.5) is 32.0 Å². The molecule has 0 atom stereocenters. The lowest BCUT2D eigenvalue weighted by Crippen LogP contribution is -2.22. The number of hydrogen-bond donors (Lipinski definition) is 1. The fourth-order valence-corrected chi connectivity index (χ4v) is 7.59. The molecule has 0 radical (unpaired) electrons. The van der Waals surface area contributed by atoms with E-state index in [2.05, 4.69) is 30.6 Å². The molecule has 4 aromatic rings. The number of pyridine rings is 2. The Balaban J connectivity index is 0.000000203. The molecule has 2 aromatic carbocycles. The summed E-state index contributed by atoms with van der Waals surface area (Å²) in [5, 5.41) is 0. The fraction of sp³-hybridized carbons (Fsp3) is 0.405. The second-order valence-corrected chi connectivity index (χ2v) is 15.5. The second-order valence-electron chi connectivity index (χ2n) is 12.9. The molecule has 2 aromatic heterocycles. The molecule has 0 bridgehead atoms. The Labute approximate surface area is 307 Å². The molecule has 2 aliphatic carbocycles. The van der Waals surface area contributed by atoms with Crippen LogP contribution in [0.2, 0.25) is 0 Å². The van der Waals surface area contributed by atoms with Gasteiger partial charge in [0.2, 0.25) is 10.0 Å². The zero-order chi connectivity index (χ0) is 37.4. The van der Waals surface area contributed by atoms with Crippen molar-refractivity contribution < 1.29 is 44.2 Å². The van der Waals surface area contributed by atoms with Crippen LogP contribution in [0.25, 0.3) is 0 Å². The monoisotopic (exact) mass is 813 g/mol. The third kappa shape index (κ3) is 10.5. The fourth-order valence-electron chi connectivity index (χ4n) is 6.63. The molecule has 52 heavy (non-hydrogen) atoms. The quantitative estimate of drug-likeness (QED) is 0.127. The van der Waals surface area contributed by atoms with Crippen LogP contribution in [0, 0.1) is 34.9 Å². The lowest BCUT2D eigenvalue weighted by molar-refractivity contribution is 0.0110. The van der Waals surface area contributed by atoms with E-state index in [9.17, 15) is 34.8 Å². The lowest BCUT2D eigenvalue weighted by Gasteiger charge is -2.29. The molecule has 2 heterocycles. The summed E-state index contributed by atoms with van der Waals surface area (Å²) in [6.45, 7) is 0.496. The molecule has 0 aliphatic heterocycles. The van der Waals surface area contributed by atoms with Crippen LogP contribution >= 0.6 is 15.9 Å². The zero-order valence-corrected chi connectivity index (χ0v) is 30.6. The van der Waals surface area contributed by atoms with Crippen molar-refractivity contribution in [3.05, 3.63) is 123 Å². The molecule has 2 saturated carbocycles. The number of aromatic nitrogens is 2. The van der Waals surface area contributed by atoms with Gasteiger partial charge in [-0.25, -0.2) is 34.8 Å². The van der Waals surface area contributed by atoms with Crippen molar-refractivity contribution in [3.63, 3.8) is 0 Å². The number of nitrogens with one attached hydrogen (secondary N) is 1. The number of benzene rings is 2. The summed E-state index contributed by atoms with van der Waals surface area (Å²) in [5.41, 5.74) is 1.31. The molecule has 0 amide bonds. The number of rotatable bonds is 10. The highest BCUT2D eigenvalue weighted by atomic mass is 79.9. The predicted octanol–water partition coefficient (Wildman–Crippen LogP) is 9.62. The van der Waals surface area contributed by atoms with Gasteiger partial charge >= 0.3 is 0 Å². The topological polar surface area (TPSA) is 90.4 Å². The lowest BCUT2D eigenvalue weighted by atomic mass is 9.82. The van der Waals surface area contributed by atoms with Gasteiger partial charge in [0.15, 0.2) is 23.3 Å². The second kappa shape index (κ2) is 18.0. The number of anilines is 1. The number of nitrogens with zero attached hydrogens (tertiary/aromatic N) is 2. The summed E-state index contributed by atoms with van der Waals surface area (Å²) in [5.74, 6) is -6.31. The Bertz CT molecular complexity index is 1940. The van der Waals surface area contributed by atoms with E-state index < -0.39 is 50.8 Å². The molecule has 2 aliphatic rings. The van der Waals surface area contributed by atoms with Gasteiger partial charge in [-0.2, -0.15) is 0 Å². The number of hydrogen-bond acceptors (Lipinski definition) is 6. The maximum atomic E-state index is 14.0. The smallest absolute Gasteiger partial charge is 0.229 e. The molecule has 15 heteroatoms. The summed E-state index contributed by atoms with van der Waals surface area (Å²) >= 11 is 3.42. The van der Waals surface area contributed by atoms with E-state index in [1.165, 1.54) is 0 Å². The highest BCUT2D eigenvalue weighted by Crippen LogP contribution is 2.39. The van der Waals surface area contributed by atoms with E-state index in [0.717, 1.165) is 40.7 Å². The first-order valence-corrected chi connectivity index (χ1v) is 19.5. The summed E-state index contributed by atoms with van der Waals surface area (Å²) in [4.78, 5) is 8.40. The molecular weight excluding hydrogens is 776 g/mol. The third-order valence-electron chi connectivity index (χ3n) is 9.26. The maximum Gasteiger partial charge on any atom is 0.229 e. The van der Waals surface area contributed by atoms with E-state index >= 15 is 0 Å². The minimum absolute atomic E-state index is 0.0230. The summed E-state index contributed by atoms with van der Waals surface area (Å²) in [6, 6.07) is 10.5. The summed E-state index contributed by atoms with van der Waals surface area (Å²) in [7, 11) is -3.44. The molecule has 2 fully saturated rings. The first kappa shape index (κ1) is 39.7. The molecule has 280 valence electrons. The van der Waals surface area contributed by atoms with Gasteiger partial charge in [0, 0.05) is 28.0 Å². The van der Waals surface area contributed by atoms with Crippen molar-refractivity contribution >= 4 is 31.6 Å². The molecule has 7 nitrogen and oxygen atoms in total. The van der Waals surface area contributed by atoms with Crippen LogP contribution in [-0.4, -0.2) is 36.8 Å². The Hall–Kier alpha value is -3.53. The van der Waals surface area contributed by atoms with Crippen molar-refractivity contribution in [2.24, 2.45) is 0 Å². The average Bonchev–Trinajstić information content (AvgIpc) is 3.12. The van der Waals surface area contributed by atoms with Gasteiger partial charge in [0.05, 0.1) is 48.8 Å². The number of halogens is 7. The maximum absolute atomic E-state index is 14.0. The van der Waals surface area contributed by atoms with Crippen LogP contribution in [0.15, 0.2) is 65.4 Å². The largest absolute Gasteiger partial charge is 0.372 e. The normalized spacial score (nSPS) is 20.5. The highest BCUT2D eigenvalue weighted by molar-refractivity contribution is 9.10. The van der Waals surface area contributed by atoms with Crippen molar-refractivity contribution in [2.45, 2.75) is 88.6 Å². The van der Waals surface area contributed by atoms with Crippen molar-refractivity contribution in [3.8, 4) is 0 Å². The molecule has 0 unspecified atom stereocenters. The van der Waals surface area contributed by atoms with Crippen molar-refractivity contribution in [1.82, 2.24) is 9.97 Å². The first-order chi connectivity index (χ1) is 24.8. The highest BCUT2D eigenvalue weighted by Gasteiger charge is 2.30. The third-order valence-corrected chi connectivity index (χ3v) is 10.6. The Morgan fingerprint density at radius 2 is 1.08 bits per heavy atom. The predicted molar refractivity (Wildman–Crippen MR) is 187 cm³/mol. The average molecular weight is 815 g/mol. The van der Waals surface area contributed by atoms with E-state index in [4.69, 9.17) is 9.47 Å². The minimum atomic E-state index is -3.44. The van der Waals surface area contributed by atoms with Gasteiger partial charge in [-0.3, -0.25) is 14.7 Å². The van der Waals surface area contributed by atoms with Crippen molar-refractivity contribution in [2.75, 3.05) is 11.0 Å². The number of ether oxygens (including phenoxy) is 2. The van der Waals surface area contributed by atoms with Crippen LogP contribution in [0.1, 0.15) is 85.7 Å². The molecule has 0 spiro atoms. The minimum Gasteiger partial charge on any atom is -0.372 e. The van der Waals surface area contributed by atoms with Gasteiger partial charge in [0.1, 0.15) is 11.6 Å². The Morgan fingerprint density at radius 3 is 1.54 bits per heavy atom. The van der Waals surface area contributed by atoms with Crippen LogP contribution in [-0.2, 0) is 32.7 Å². The molecule has 0 saturated heterocycles. The van der Waals surface area contributed by atoms with E-state index in [-0.39, 0.29) is 35.9 Å². The molecule has 1 N–H and O–H groups in total. The van der Waals surface area contributed by atoms with E-state index in [1.807, 2.05) is 12.1 Å². The van der Waals surface area contributed by atoms with Crippen molar-refractivity contribution in [1.29, 1.82) is 0 Å². The zero-order valence-electron chi connectivity index (χ0n) is 28.2. The van der Waals surface area contributed by atoms with Gasteiger partial charge in [-0.15, -0.1) is 0 Å².